The maximum absolute atomic E-state index is 13.8. The molecule has 3 rings (SSSR count). The van der Waals surface area contributed by atoms with E-state index in [4.69, 9.17) is 0 Å². The molecule has 0 bridgehead atoms. The average Bonchev–Trinajstić information content (AvgIpc) is 2.78. The van der Waals surface area contributed by atoms with E-state index >= 15 is 0 Å². The maximum Gasteiger partial charge on any atom is 0.259 e. The fraction of sp³-hybridized carbons (Fsp3) is 0.250. The van der Waals surface area contributed by atoms with Crippen LogP contribution in [0.25, 0.3) is 10.2 Å². The van der Waals surface area contributed by atoms with Crippen molar-refractivity contribution in [2.24, 2.45) is 0 Å². The number of nitrogens with zero attached hydrogens (tertiary/aromatic N) is 1. The molecule has 1 N–H and O–H groups in total. The van der Waals surface area contributed by atoms with Crippen LogP contribution in [0.5, 0.6) is 0 Å². The van der Waals surface area contributed by atoms with E-state index in [1.165, 1.54) is 11.3 Å². The highest BCUT2D eigenvalue weighted by atomic mass is 32.2. The largest absolute Gasteiger partial charge is 0.309 e. The number of aromatic amines is 1. The van der Waals surface area contributed by atoms with Gasteiger partial charge in [-0.3, -0.25) is 4.79 Å². The number of halogens is 2. The SMILES string of the molecule is Cc1sc2nc([C@H](C)Sc3cc(F)ccc3F)[nH]c(=O)c2c1C. The van der Waals surface area contributed by atoms with Crippen molar-refractivity contribution in [1.82, 2.24) is 9.97 Å². The highest BCUT2D eigenvalue weighted by Crippen LogP contribution is 2.36. The fourth-order valence-electron chi connectivity index (χ4n) is 2.28. The zero-order chi connectivity index (χ0) is 16.7. The van der Waals surface area contributed by atoms with Crippen LogP contribution in [0.4, 0.5) is 8.78 Å². The second-order valence-corrected chi connectivity index (χ2v) is 7.84. The van der Waals surface area contributed by atoms with Crippen LogP contribution >= 0.6 is 23.1 Å². The molecule has 120 valence electrons. The second kappa shape index (κ2) is 6.05. The molecule has 0 amide bonds. The molecule has 0 aliphatic heterocycles. The summed E-state index contributed by atoms with van der Waals surface area (Å²) in [6.07, 6.45) is 0. The molecule has 3 aromatic rings. The van der Waals surface area contributed by atoms with Gasteiger partial charge in [0.05, 0.1) is 10.6 Å². The quantitative estimate of drug-likeness (QED) is 0.693. The van der Waals surface area contributed by atoms with Crippen LogP contribution < -0.4 is 5.56 Å². The first-order chi connectivity index (χ1) is 10.9. The Bertz CT molecular complexity index is 949. The Hall–Kier alpha value is -1.73. The molecular formula is C16H14F2N2OS2. The lowest BCUT2D eigenvalue weighted by atomic mass is 10.2. The molecule has 0 saturated heterocycles. The van der Waals surface area contributed by atoms with Crippen LogP contribution in [0.1, 0.15) is 28.4 Å². The summed E-state index contributed by atoms with van der Waals surface area (Å²) in [6.45, 7) is 5.64. The summed E-state index contributed by atoms with van der Waals surface area (Å²) in [7, 11) is 0. The molecule has 2 heterocycles. The van der Waals surface area contributed by atoms with E-state index in [0.29, 0.717) is 16.0 Å². The summed E-state index contributed by atoms with van der Waals surface area (Å²) in [5.74, 6) is -0.533. The van der Waals surface area contributed by atoms with Gasteiger partial charge < -0.3 is 4.98 Å². The topological polar surface area (TPSA) is 45.8 Å². The van der Waals surface area contributed by atoms with Crippen LogP contribution in [0.3, 0.4) is 0 Å². The number of fused-ring (bicyclic) bond motifs is 1. The second-order valence-electron chi connectivity index (χ2n) is 5.25. The summed E-state index contributed by atoms with van der Waals surface area (Å²) in [4.78, 5) is 21.4. The Balaban J connectivity index is 1.99. The predicted octanol–water partition coefficient (Wildman–Crippen LogP) is 4.73. The van der Waals surface area contributed by atoms with Gasteiger partial charge in [-0.15, -0.1) is 23.1 Å². The average molecular weight is 352 g/mol. The summed E-state index contributed by atoms with van der Waals surface area (Å²) < 4.78 is 27.0. The highest BCUT2D eigenvalue weighted by Gasteiger charge is 2.17. The van der Waals surface area contributed by atoms with Gasteiger partial charge in [-0.05, 0) is 44.5 Å². The molecule has 2 aromatic heterocycles. The van der Waals surface area contributed by atoms with Crippen molar-refractivity contribution < 1.29 is 8.78 Å². The van der Waals surface area contributed by atoms with Gasteiger partial charge in [0, 0.05) is 9.77 Å². The van der Waals surface area contributed by atoms with Crippen molar-refractivity contribution in [2.45, 2.75) is 30.9 Å². The Morgan fingerprint density at radius 1 is 1.30 bits per heavy atom. The van der Waals surface area contributed by atoms with Gasteiger partial charge in [0.1, 0.15) is 22.3 Å². The summed E-state index contributed by atoms with van der Waals surface area (Å²) in [5, 5.41) is 0.288. The number of hydrogen-bond acceptors (Lipinski definition) is 4. The number of hydrogen-bond donors (Lipinski definition) is 1. The zero-order valence-electron chi connectivity index (χ0n) is 12.7. The van der Waals surface area contributed by atoms with Crippen molar-refractivity contribution >= 4 is 33.3 Å². The monoisotopic (exact) mass is 352 g/mol. The summed E-state index contributed by atoms with van der Waals surface area (Å²) >= 11 is 2.58. The molecule has 0 radical (unpaired) electrons. The molecule has 1 atom stereocenters. The first-order valence-electron chi connectivity index (χ1n) is 6.98. The number of aromatic nitrogens is 2. The zero-order valence-corrected chi connectivity index (χ0v) is 14.4. The molecule has 1 aromatic carbocycles. The van der Waals surface area contributed by atoms with E-state index in [1.807, 2.05) is 13.8 Å². The third kappa shape index (κ3) is 3.03. The Morgan fingerprint density at radius 2 is 2.04 bits per heavy atom. The van der Waals surface area contributed by atoms with Gasteiger partial charge >= 0.3 is 0 Å². The number of H-pyrrole nitrogens is 1. The third-order valence-electron chi connectivity index (χ3n) is 3.64. The maximum atomic E-state index is 13.8. The lowest BCUT2D eigenvalue weighted by molar-refractivity contribution is 0.576. The minimum atomic E-state index is -0.498. The van der Waals surface area contributed by atoms with E-state index in [0.717, 1.165) is 40.4 Å². The van der Waals surface area contributed by atoms with E-state index in [9.17, 15) is 13.6 Å². The molecule has 0 unspecified atom stereocenters. The first-order valence-corrected chi connectivity index (χ1v) is 8.68. The molecule has 0 saturated carbocycles. The van der Waals surface area contributed by atoms with Crippen molar-refractivity contribution in [3.63, 3.8) is 0 Å². The molecule has 0 spiro atoms. The van der Waals surface area contributed by atoms with Crippen LogP contribution in [0.2, 0.25) is 0 Å². The first kappa shape index (κ1) is 16.1. The molecule has 3 nitrogen and oxygen atoms in total. The lowest BCUT2D eigenvalue weighted by Gasteiger charge is -2.11. The normalized spacial score (nSPS) is 12.7. The Labute approximate surface area is 139 Å². The van der Waals surface area contributed by atoms with E-state index in [1.54, 1.807) is 6.92 Å². The third-order valence-corrected chi connectivity index (χ3v) is 5.88. The van der Waals surface area contributed by atoms with Crippen LogP contribution in [0, 0.1) is 25.5 Å². The molecule has 0 aliphatic carbocycles. The van der Waals surface area contributed by atoms with Crippen LogP contribution in [-0.2, 0) is 0 Å². The van der Waals surface area contributed by atoms with E-state index < -0.39 is 11.6 Å². The highest BCUT2D eigenvalue weighted by molar-refractivity contribution is 7.99. The van der Waals surface area contributed by atoms with Crippen LogP contribution in [0.15, 0.2) is 27.9 Å². The minimum absolute atomic E-state index is 0.193. The van der Waals surface area contributed by atoms with Gasteiger partial charge in [-0.2, -0.15) is 0 Å². The Kier molecular flexibility index (Phi) is 4.25. The van der Waals surface area contributed by atoms with Crippen molar-refractivity contribution in [1.29, 1.82) is 0 Å². The summed E-state index contributed by atoms with van der Waals surface area (Å²) in [5.41, 5.74) is 0.737. The van der Waals surface area contributed by atoms with E-state index in [-0.39, 0.29) is 15.7 Å². The number of thioether (sulfide) groups is 1. The standard InChI is InChI=1S/C16H14F2N2OS2/c1-7-8(2)23-16-13(7)15(21)19-14(20-16)9(3)22-12-6-10(17)4-5-11(12)18/h4-6,9H,1-3H3,(H,19,20,21)/t9-/m0/s1. The fourth-order valence-corrected chi connectivity index (χ4v) is 4.28. The van der Waals surface area contributed by atoms with Crippen molar-refractivity contribution in [3.05, 3.63) is 56.5 Å². The van der Waals surface area contributed by atoms with Gasteiger partial charge in [0.25, 0.3) is 5.56 Å². The molecular weight excluding hydrogens is 338 g/mol. The number of benzene rings is 1. The van der Waals surface area contributed by atoms with Crippen LogP contribution in [-0.4, -0.2) is 9.97 Å². The van der Waals surface area contributed by atoms with Crippen molar-refractivity contribution in [3.8, 4) is 0 Å². The van der Waals surface area contributed by atoms with Gasteiger partial charge in [-0.1, -0.05) is 0 Å². The van der Waals surface area contributed by atoms with Crippen molar-refractivity contribution in [2.75, 3.05) is 0 Å². The van der Waals surface area contributed by atoms with Gasteiger partial charge in [0.2, 0.25) is 0 Å². The number of aryl methyl sites for hydroxylation is 2. The molecule has 23 heavy (non-hydrogen) atoms. The molecule has 7 heteroatoms. The summed E-state index contributed by atoms with van der Waals surface area (Å²) in [6, 6.07) is 3.32. The number of rotatable bonds is 3. The number of nitrogens with one attached hydrogen (secondary N) is 1. The Morgan fingerprint density at radius 3 is 2.78 bits per heavy atom. The minimum Gasteiger partial charge on any atom is -0.309 e. The smallest absolute Gasteiger partial charge is 0.259 e. The molecule has 0 aliphatic rings. The predicted molar refractivity (Wildman–Crippen MR) is 90.3 cm³/mol. The van der Waals surface area contributed by atoms with Gasteiger partial charge in [0.15, 0.2) is 0 Å². The van der Waals surface area contributed by atoms with Gasteiger partial charge in [-0.25, -0.2) is 13.8 Å². The molecule has 0 fully saturated rings. The van der Waals surface area contributed by atoms with E-state index in [2.05, 4.69) is 9.97 Å². The number of thiophene rings is 1. The lowest BCUT2D eigenvalue weighted by Crippen LogP contribution is -2.12.